The first-order chi connectivity index (χ1) is 8.34. The maximum atomic E-state index is 5.95. The van der Waals surface area contributed by atoms with Crippen molar-refractivity contribution in [2.45, 2.75) is 82.7 Å². The molecule has 2 saturated carbocycles. The van der Waals surface area contributed by atoms with Crippen LogP contribution in [0, 0.1) is 5.92 Å². The fraction of sp³-hybridized carbons (Fsp3) is 1.00. The number of nitrogens with two attached hydrogens (primary N) is 1. The normalized spacial score (nSPS) is 33.0. The van der Waals surface area contributed by atoms with Gasteiger partial charge in [-0.25, -0.2) is 0 Å². The molecule has 2 aliphatic rings. The lowest BCUT2D eigenvalue weighted by molar-refractivity contribution is 0.299. The molecule has 3 N–H and O–H groups in total. The summed E-state index contributed by atoms with van der Waals surface area (Å²) in [5, 5.41) is 3.80. The van der Waals surface area contributed by atoms with Gasteiger partial charge in [0, 0.05) is 12.1 Å². The summed E-state index contributed by atoms with van der Waals surface area (Å²) in [5.41, 5.74) is 5.95. The molecule has 0 heterocycles. The number of hydrogen-bond donors (Lipinski definition) is 2. The highest BCUT2D eigenvalue weighted by Gasteiger charge is 2.19. The summed E-state index contributed by atoms with van der Waals surface area (Å²) in [5.74, 6) is 0.950. The zero-order chi connectivity index (χ0) is 11.9. The molecule has 0 aromatic rings. The molecule has 2 nitrogen and oxygen atoms in total. The molecule has 0 aromatic carbocycles. The maximum Gasteiger partial charge on any atom is 0.00683 e. The van der Waals surface area contributed by atoms with E-state index in [1.165, 1.54) is 77.2 Å². The first kappa shape index (κ1) is 13.4. The summed E-state index contributed by atoms with van der Waals surface area (Å²) in [4.78, 5) is 0. The Labute approximate surface area is 107 Å². The van der Waals surface area contributed by atoms with Gasteiger partial charge in [0.15, 0.2) is 0 Å². The van der Waals surface area contributed by atoms with Crippen molar-refractivity contribution < 1.29 is 0 Å². The molecule has 0 bridgehead atoms. The minimum Gasteiger partial charge on any atom is -0.328 e. The second kappa shape index (κ2) is 7.38. The van der Waals surface area contributed by atoms with E-state index in [-0.39, 0.29) is 0 Å². The minimum absolute atomic E-state index is 0.481. The van der Waals surface area contributed by atoms with E-state index < -0.39 is 0 Å². The first-order valence-corrected chi connectivity index (χ1v) is 7.83. The van der Waals surface area contributed by atoms with E-state index in [1.807, 2.05) is 0 Å². The van der Waals surface area contributed by atoms with Gasteiger partial charge in [-0.15, -0.1) is 0 Å². The smallest absolute Gasteiger partial charge is 0.00683 e. The molecule has 0 radical (unpaired) electrons. The number of nitrogens with one attached hydrogen (secondary N) is 1. The Bertz CT molecular complexity index is 189. The molecule has 2 rings (SSSR count). The summed E-state index contributed by atoms with van der Waals surface area (Å²) in [7, 11) is 0. The molecule has 2 aliphatic carbocycles. The fourth-order valence-corrected chi connectivity index (χ4v) is 3.40. The average molecular weight is 238 g/mol. The van der Waals surface area contributed by atoms with Crippen molar-refractivity contribution in [3.8, 4) is 0 Å². The summed E-state index contributed by atoms with van der Waals surface area (Å²) < 4.78 is 0. The van der Waals surface area contributed by atoms with Crippen LogP contribution in [-0.4, -0.2) is 18.6 Å². The van der Waals surface area contributed by atoms with Crippen molar-refractivity contribution in [1.82, 2.24) is 5.32 Å². The summed E-state index contributed by atoms with van der Waals surface area (Å²) in [6.07, 6.45) is 15.3. The van der Waals surface area contributed by atoms with Crippen LogP contribution in [0.25, 0.3) is 0 Å². The van der Waals surface area contributed by atoms with E-state index in [2.05, 4.69) is 5.32 Å². The van der Waals surface area contributed by atoms with Gasteiger partial charge in [0.25, 0.3) is 0 Å². The minimum atomic E-state index is 0.481. The Kier molecular flexibility index (Phi) is 5.79. The molecule has 100 valence electrons. The van der Waals surface area contributed by atoms with Gasteiger partial charge in [0.2, 0.25) is 0 Å². The molecule has 2 heteroatoms. The molecule has 0 amide bonds. The van der Waals surface area contributed by atoms with Crippen molar-refractivity contribution in [1.29, 1.82) is 0 Å². The number of hydrogen-bond acceptors (Lipinski definition) is 2. The molecular formula is C15H30N2. The standard InChI is InChI=1S/C15H30N2/c16-14-8-10-15(11-9-14)17-12-13-6-4-2-1-3-5-7-13/h13-15,17H,1-12,16H2. The van der Waals surface area contributed by atoms with Crippen LogP contribution in [0.3, 0.4) is 0 Å². The fourth-order valence-electron chi connectivity index (χ4n) is 3.40. The lowest BCUT2D eigenvalue weighted by atomic mass is 9.89. The molecule has 0 saturated heterocycles. The van der Waals surface area contributed by atoms with Crippen LogP contribution in [-0.2, 0) is 0 Å². The lowest BCUT2D eigenvalue weighted by Gasteiger charge is -2.29. The van der Waals surface area contributed by atoms with Crippen LogP contribution in [0.4, 0.5) is 0 Å². The molecule has 0 atom stereocenters. The molecular weight excluding hydrogens is 208 g/mol. The third kappa shape index (κ3) is 4.97. The third-order valence-electron chi connectivity index (χ3n) is 4.69. The van der Waals surface area contributed by atoms with Gasteiger partial charge in [-0.1, -0.05) is 32.1 Å². The van der Waals surface area contributed by atoms with E-state index in [4.69, 9.17) is 5.73 Å². The predicted octanol–water partition coefficient (Wildman–Crippen LogP) is 3.21. The van der Waals surface area contributed by atoms with Crippen molar-refractivity contribution >= 4 is 0 Å². The second-order valence-electron chi connectivity index (χ2n) is 6.23. The van der Waals surface area contributed by atoms with Crippen LogP contribution in [0.2, 0.25) is 0 Å². The van der Waals surface area contributed by atoms with Crippen LogP contribution >= 0.6 is 0 Å². The van der Waals surface area contributed by atoms with E-state index >= 15 is 0 Å². The van der Waals surface area contributed by atoms with Crippen molar-refractivity contribution in [3.63, 3.8) is 0 Å². The van der Waals surface area contributed by atoms with Gasteiger partial charge in [-0.2, -0.15) is 0 Å². The van der Waals surface area contributed by atoms with E-state index in [0.29, 0.717) is 6.04 Å². The average Bonchev–Trinajstić information content (AvgIpc) is 2.30. The monoisotopic (exact) mass is 238 g/mol. The van der Waals surface area contributed by atoms with Crippen molar-refractivity contribution in [2.75, 3.05) is 6.54 Å². The van der Waals surface area contributed by atoms with Gasteiger partial charge in [0.05, 0.1) is 0 Å². The predicted molar refractivity (Wildman–Crippen MR) is 74.0 cm³/mol. The van der Waals surface area contributed by atoms with Crippen molar-refractivity contribution in [3.05, 3.63) is 0 Å². The highest BCUT2D eigenvalue weighted by molar-refractivity contribution is 4.79. The Balaban J connectivity index is 1.62. The van der Waals surface area contributed by atoms with Crippen LogP contribution in [0.5, 0.6) is 0 Å². The highest BCUT2D eigenvalue weighted by Crippen LogP contribution is 2.23. The van der Waals surface area contributed by atoms with Crippen LogP contribution < -0.4 is 11.1 Å². The van der Waals surface area contributed by atoms with E-state index in [9.17, 15) is 0 Å². The summed E-state index contributed by atoms with van der Waals surface area (Å²) in [6, 6.07) is 1.25. The zero-order valence-electron chi connectivity index (χ0n) is 11.3. The van der Waals surface area contributed by atoms with Gasteiger partial charge in [-0.05, 0) is 51.0 Å². The van der Waals surface area contributed by atoms with E-state index in [1.54, 1.807) is 0 Å². The largest absolute Gasteiger partial charge is 0.328 e. The molecule has 2 fully saturated rings. The Morgan fingerprint density at radius 2 is 1.35 bits per heavy atom. The second-order valence-corrected chi connectivity index (χ2v) is 6.23. The lowest BCUT2D eigenvalue weighted by Crippen LogP contribution is -2.39. The topological polar surface area (TPSA) is 38.0 Å². The quantitative estimate of drug-likeness (QED) is 0.792. The van der Waals surface area contributed by atoms with Gasteiger partial charge in [0.1, 0.15) is 0 Å². The van der Waals surface area contributed by atoms with Gasteiger partial charge < -0.3 is 11.1 Å². The van der Waals surface area contributed by atoms with E-state index in [0.717, 1.165) is 12.0 Å². The maximum absolute atomic E-state index is 5.95. The Morgan fingerprint density at radius 1 is 0.765 bits per heavy atom. The van der Waals surface area contributed by atoms with Crippen molar-refractivity contribution in [2.24, 2.45) is 11.7 Å². The molecule has 0 unspecified atom stereocenters. The van der Waals surface area contributed by atoms with Gasteiger partial charge >= 0.3 is 0 Å². The Morgan fingerprint density at radius 3 is 2.00 bits per heavy atom. The highest BCUT2D eigenvalue weighted by atomic mass is 14.9. The molecule has 17 heavy (non-hydrogen) atoms. The zero-order valence-corrected chi connectivity index (χ0v) is 11.3. The Hall–Kier alpha value is -0.0800. The number of rotatable bonds is 3. The summed E-state index contributed by atoms with van der Waals surface area (Å²) >= 11 is 0. The van der Waals surface area contributed by atoms with Crippen LogP contribution in [0.1, 0.15) is 70.6 Å². The SMILES string of the molecule is NC1CCC(NCC2CCCCCCC2)CC1. The summed E-state index contributed by atoms with van der Waals surface area (Å²) in [6.45, 7) is 1.26. The first-order valence-electron chi connectivity index (χ1n) is 7.83. The molecule has 0 spiro atoms. The molecule has 0 aliphatic heterocycles. The van der Waals surface area contributed by atoms with Crippen LogP contribution in [0.15, 0.2) is 0 Å². The third-order valence-corrected chi connectivity index (χ3v) is 4.69. The molecule has 0 aromatic heterocycles. The van der Waals surface area contributed by atoms with Gasteiger partial charge in [-0.3, -0.25) is 0 Å².